The fourth-order valence-corrected chi connectivity index (χ4v) is 2.86. The van der Waals surface area contributed by atoms with E-state index in [1.807, 2.05) is 13.0 Å². The van der Waals surface area contributed by atoms with E-state index in [9.17, 15) is 13.2 Å². The van der Waals surface area contributed by atoms with Crippen LogP contribution in [0, 0.1) is 6.92 Å². The first-order valence-electron chi connectivity index (χ1n) is 5.46. The Hall–Kier alpha value is -1.36. The lowest BCUT2D eigenvalue weighted by molar-refractivity contribution is -0.118. The minimum Gasteiger partial charge on any atom is -0.356 e. The molecule has 0 heterocycles. The predicted octanol–water partition coefficient (Wildman–Crippen LogP) is 1.29. The molecule has 0 spiro atoms. The van der Waals surface area contributed by atoms with Gasteiger partial charge in [0.25, 0.3) is 0 Å². The van der Waals surface area contributed by atoms with Gasteiger partial charge in [0.05, 0.1) is 10.6 Å². The second-order valence-corrected chi connectivity index (χ2v) is 6.08. The van der Waals surface area contributed by atoms with Crippen molar-refractivity contribution in [2.75, 3.05) is 12.3 Å². The van der Waals surface area contributed by atoms with Crippen LogP contribution in [0.15, 0.2) is 29.2 Å². The van der Waals surface area contributed by atoms with E-state index in [0.717, 1.165) is 5.56 Å². The Balaban J connectivity index is 2.60. The van der Waals surface area contributed by atoms with Gasteiger partial charge in [0.15, 0.2) is 9.84 Å². The number of amides is 1. The van der Waals surface area contributed by atoms with Gasteiger partial charge >= 0.3 is 0 Å². The number of sulfone groups is 1. The van der Waals surface area contributed by atoms with E-state index >= 15 is 0 Å². The van der Waals surface area contributed by atoms with E-state index in [1.54, 1.807) is 18.2 Å². The Kier molecular flexibility index (Phi) is 4.69. The van der Waals surface area contributed by atoms with Crippen LogP contribution in [0.5, 0.6) is 0 Å². The van der Waals surface area contributed by atoms with Gasteiger partial charge in [-0.2, -0.15) is 0 Å². The van der Waals surface area contributed by atoms with Crippen molar-refractivity contribution in [1.29, 1.82) is 0 Å². The molecule has 0 radical (unpaired) electrons. The van der Waals surface area contributed by atoms with Crippen molar-refractivity contribution in [3.8, 4) is 0 Å². The third kappa shape index (κ3) is 4.56. The van der Waals surface area contributed by atoms with Gasteiger partial charge in [0, 0.05) is 13.5 Å². The van der Waals surface area contributed by atoms with Gasteiger partial charge in [0.1, 0.15) is 0 Å². The first-order chi connectivity index (χ1) is 7.92. The molecule has 0 fully saturated rings. The number of carbonyl (C=O) groups excluding carboxylic acids is 1. The van der Waals surface area contributed by atoms with Gasteiger partial charge in [-0.3, -0.25) is 4.79 Å². The van der Waals surface area contributed by atoms with Crippen LogP contribution in [-0.2, 0) is 14.6 Å². The maximum Gasteiger partial charge on any atom is 0.216 e. The molecule has 0 aliphatic heterocycles. The van der Waals surface area contributed by atoms with Crippen molar-refractivity contribution in [3.05, 3.63) is 29.8 Å². The summed E-state index contributed by atoms with van der Waals surface area (Å²) in [6, 6.07) is 6.85. The van der Waals surface area contributed by atoms with E-state index in [2.05, 4.69) is 5.32 Å². The molecule has 4 nitrogen and oxygen atoms in total. The minimum absolute atomic E-state index is 0.0523. The Morgan fingerprint density at radius 3 is 2.65 bits per heavy atom. The molecular formula is C12H17NO3S. The van der Waals surface area contributed by atoms with Crippen LogP contribution in [0.1, 0.15) is 18.9 Å². The van der Waals surface area contributed by atoms with Crippen LogP contribution >= 0.6 is 0 Å². The highest BCUT2D eigenvalue weighted by atomic mass is 32.2. The van der Waals surface area contributed by atoms with Crippen LogP contribution in [0.3, 0.4) is 0 Å². The highest BCUT2D eigenvalue weighted by Gasteiger charge is 2.13. The first-order valence-corrected chi connectivity index (χ1v) is 7.11. The van der Waals surface area contributed by atoms with Crippen molar-refractivity contribution in [2.45, 2.75) is 25.2 Å². The zero-order valence-corrected chi connectivity index (χ0v) is 10.9. The quantitative estimate of drug-likeness (QED) is 0.806. The van der Waals surface area contributed by atoms with E-state index in [4.69, 9.17) is 0 Å². The zero-order chi connectivity index (χ0) is 12.9. The summed E-state index contributed by atoms with van der Waals surface area (Å²) in [5.41, 5.74) is 0.924. The molecule has 5 heteroatoms. The lowest BCUT2D eigenvalue weighted by atomic mass is 10.2. The number of nitrogens with one attached hydrogen (secondary N) is 1. The van der Waals surface area contributed by atoms with Crippen LogP contribution in [0.4, 0.5) is 0 Å². The van der Waals surface area contributed by atoms with Gasteiger partial charge in [-0.15, -0.1) is 0 Å². The SMILES string of the molecule is CC(=O)NCCCS(=O)(=O)c1cccc(C)c1. The number of rotatable bonds is 5. The van der Waals surface area contributed by atoms with Crippen molar-refractivity contribution < 1.29 is 13.2 Å². The molecule has 1 rings (SSSR count). The number of hydrogen-bond donors (Lipinski definition) is 1. The Bertz CT molecular complexity index is 494. The number of hydrogen-bond acceptors (Lipinski definition) is 3. The molecule has 0 aliphatic rings. The molecule has 0 saturated heterocycles. The molecule has 1 aromatic rings. The number of carbonyl (C=O) groups is 1. The number of aryl methyl sites for hydroxylation is 1. The van der Waals surface area contributed by atoms with E-state index < -0.39 is 9.84 Å². The molecular weight excluding hydrogens is 238 g/mol. The molecule has 1 N–H and O–H groups in total. The predicted molar refractivity (Wildman–Crippen MR) is 66.5 cm³/mol. The van der Waals surface area contributed by atoms with Crippen molar-refractivity contribution in [2.24, 2.45) is 0 Å². The van der Waals surface area contributed by atoms with Crippen LogP contribution in [0.2, 0.25) is 0 Å². The summed E-state index contributed by atoms with van der Waals surface area (Å²) in [7, 11) is -3.23. The minimum atomic E-state index is -3.23. The first kappa shape index (κ1) is 13.7. The summed E-state index contributed by atoms with van der Waals surface area (Å²) in [6.45, 7) is 3.66. The molecule has 17 heavy (non-hydrogen) atoms. The lowest BCUT2D eigenvalue weighted by Gasteiger charge is -2.05. The molecule has 1 aromatic carbocycles. The standard InChI is InChI=1S/C12H17NO3S/c1-10-5-3-6-12(9-10)17(15,16)8-4-7-13-11(2)14/h3,5-6,9H,4,7-8H2,1-2H3,(H,13,14). The summed E-state index contributed by atoms with van der Waals surface area (Å²) < 4.78 is 23.8. The smallest absolute Gasteiger partial charge is 0.216 e. The van der Waals surface area contributed by atoms with Gasteiger partial charge in [-0.05, 0) is 31.0 Å². The topological polar surface area (TPSA) is 63.2 Å². The molecule has 0 atom stereocenters. The van der Waals surface area contributed by atoms with Crippen molar-refractivity contribution in [1.82, 2.24) is 5.32 Å². The largest absolute Gasteiger partial charge is 0.356 e. The second kappa shape index (κ2) is 5.82. The normalized spacial score (nSPS) is 11.2. The number of benzene rings is 1. The maximum absolute atomic E-state index is 11.9. The lowest BCUT2D eigenvalue weighted by Crippen LogP contribution is -2.23. The highest BCUT2D eigenvalue weighted by molar-refractivity contribution is 7.91. The summed E-state index contributed by atoms with van der Waals surface area (Å²) in [5.74, 6) is -0.0885. The molecule has 94 valence electrons. The van der Waals surface area contributed by atoms with Gasteiger partial charge in [-0.1, -0.05) is 12.1 Å². The fraction of sp³-hybridized carbons (Fsp3) is 0.417. The summed E-state index contributed by atoms with van der Waals surface area (Å²) in [6.07, 6.45) is 0.426. The van der Waals surface area contributed by atoms with Gasteiger partial charge in [0.2, 0.25) is 5.91 Å². The molecule has 0 saturated carbocycles. The second-order valence-electron chi connectivity index (χ2n) is 3.97. The summed E-state index contributed by atoms with van der Waals surface area (Å²) in [5, 5.41) is 2.58. The Labute approximate surface area is 102 Å². The average Bonchev–Trinajstić information content (AvgIpc) is 2.24. The Morgan fingerprint density at radius 2 is 2.06 bits per heavy atom. The maximum atomic E-state index is 11.9. The van der Waals surface area contributed by atoms with Crippen molar-refractivity contribution >= 4 is 15.7 Å². The summed E-state index contributed by atoms with van der Waals surface area (Å²) in [4.78, 5) is 11.0. The third-order valence-electron chi connectivity index (χ3n) is 2.31. The van der Waals surface area contributed by atoms with Crippen molar-refractivity contribution in [3.63, 3.8) is 0 Å². The van der Waals surface area contributed by atoms with Crippen LogP contribution in [0.25, 0.3) is 0 Å². The van der Waals surface area contributed by atoms with E-state index in [0.29, 0.717) is 17.9 Å². The van der Waals surface area contributed by atoms with Gasteiger partial charge < -0.3 is 5.32 Å². The Morgan fingerprint density at radius 1 is 1.35 bits per heavy atom. The van der Waals surface area contributed by atoms with Crippen LogP contribution < -0.4 is 5.32 Å². The van der Waals surface area contributed by atoms with E-state index in [1.165, 1.54) is 6.92 Å². The molecule has 0 unspecified atom stereocenters. The zero-order valence-electron chi connectivity index (χ0n) is 10.1. The highest BCUT2D eigenvalue weighted by Crippen LogP contribution is 2.13. The molecule has 0 aliphatic carbocycles. The molecule has 0 aromatic heterocycles. The monoisotopic (exact) mass is 255 g/mol. The fourth-order valence-electron chi connectivity index (χ4n) is 1.45. The summed E-state index contributed by atoms with van der Waals surface area (Å²) >= 11 is 0. The van der Waals surface area contributed by atoms with Crippen LogP contribution in [-0.4, -0.2) is 26.6 Å². The average molecular weight is 255 g/mol. The molecule has 1 amide bonds. The van der Waals surface area contributed by atoms with E-state index in [-0.39, 0.29) is 11.7 Å². The van der Waals surface area contributed by atoms with Gasteiger partial charge in [-0.25, -0.2) is 8.42 Å². The molecule has 0 bridgehead atoms. The third-order valence-corrected chi connectivity index (χ3v) is 4.11.